The maximum absolute atomic E-state index is 11.0. The van der Waals surface area contributed by atoms with Crippen LogP contribution in [0.2, 0.25) is 0 Å². The summed E-state index contributed by atoms with van der Waals surface area (Å²) in [6, 6.07) is 13.1. The van der Waals surface area contributed by atoms with E-state index >= 15 is 0 Å². The van der Waals surface area contributed by atoms with E-state index in [0.717, 1.165) is 16.7 Å². The number of carboxylic acids is 1. The number of ether oxygens (including phenoxy) is 1. The van der Waals surface area contributed by atoms with Crippen molar-refractivity contribution in [3.05, 3.63) is 64.7 Å². The van der Waals surface area contributed by atoms with Crippen LogP contribution in [0, 0.1) is 13.8 Å². The molecule has 3 heteroatoms. The van der Waals surface area contributed by atoms with Gasteiger partial charge in [0.1, 0.15) is 12.4 Å². The smallest absolute Gasteiger partial charge is 0.336 e. The first-order valence-electron chi connectivity index (χ1n) is 6.09. The molecule has 2 aromatic rings. The molecule has 0 bridgehead atoms. The van der Waals surface area contributed by atoms with E-state index in [0.29, 0.717) is 12.4 Å². The van der Waals surface area contributed by atoms with Gasteiger partial charge in [0.2, 0.25) is 0 Å². The van der Waals surface area contributed by atoms with Gasteiger partial charge in [0.05, 0.1) is 5.56 Å². The lowest BCUT2D eigenvalue weighted by atomic mass is 10.1. The summed E-state index contributed by atoms with van der Waals surface area (Å²) in [4.78, 5) is 11.0. The lowest BCUT2D eigenvalue weighted by Gasteiger charge is -2.10. The molecule has 0 heterocycles. The normalized spacial score (nSPS) is 10.2. The summed E-state index contributed by atoms with van der Waals surface area (Å²) in [5, 5.41) is 9.06. The largest absolute Gasteiger partial charge is 0.489 e. The van der Waals surface area contributed by atoms with Gasteiger partial charge in [-0.2, -0.15) is 0 Å². The molecule has 0 saturated carbocycles. The maximum Gasteiger partial charge on any atom is 0.336 e. The van der Waals surface area contributed by atoms with Gasteiger partial charge in [-0.25, -0.2) is 4.79 Å². The molecule has 2 rings (SSSR count). The third-order valence-electron chi connectivity index (χ3n) is 3.10. The molecule has 0 unspecified atom stereocenters. The van der Waals surface area contributed by atoms with E-state index in [1.165, 1.54) is 0 Å². The van der Waals surface area contributed by atoms with Gasteiger partial charge in [0.25, 0.3) is 0 Å². The van der Waals surface area contributed by atoms with Crippen molar-refractivity contribution in [2.24, 2.45) is 0 Å². The molecule has 0 amide bonds. The molecule has 3 nitrogen and oxygen atoms in total. The Kier molecular flexibility index (Phi) is 3.85. The summed E-state index contributed by atoms with van der Waals surface area (Å²) in [5.41, 5.74) is 3.27. The van der Waals surface area contributed by atoms with Crippen molar-refractivity contribution >= 4 is 5.97 Å². The van der Waals surface area contributed by atoms with Crippen molar-refractivity contribution < 1.29 is 14.6 Å². The Hall–Kier alpha value is -2.29. The average Bonchev–Trinajstić information content (AvgIpc) is 2.39. The summed E-state index contributed by atoms with van der Waals surface area (Å²) in [5.74, 6) is -0.356. The number of aryl methyl sites for hydroxylation is 2. The zero-order valence-electron chi connectivity index (χ0n) is 11.0. The van der Waals surface area contributed by atoms with Crippen LogP contribution in [0.15, 0.2) is 42.5 Å². The van der Waals surface area contributed by atoms with E-state index in [1.807, 2.05) is 31.2 Å². The SMILES string of the molecule is Cc1ccccc1COc1ccc(C)c(C(=O)O)c1. The molecule has 0 aliphatic rings. The Morgan fingerprint density at radius 3 is 2.53 bits per heavy atom. The highest BCUT2D eigenvalue weighted by Gasteiger charge is 2.08. The minimum atomic E-state index is -0.932. The van der Waals surface area contributed by atoms with Crippen molar-refractivity contribution in [1.29, 1.82) is 0 Å². The molecule has 0 radical (unpaired) electrons. The van der Waals surface area contributed by atoms with Crippen LogP contribution in [0.5, 0.6) is 5.75 Å². The molecule has 0 saturated heterocycles. The average molecular weight is 256 g/mol. The lowest BCUT2D eigenvalue weighted by molar-refractivity contribution is 0.0695. The van der Waals surface area contributed by atoms with E-state index in [4.69, 9.17) is 9.84 Å². The molecular weight excluding hydrogens is 240 g/mol. The summed E-state index contributed by atoms with van der Waals surface area (Å²) in [6.07, 6.45) is 0. The summed E-state index contributed by atoms with van der Waals surface area (Å²) < 4.78 is 5.66. The maximum atomic E-state index is 11.0. The van der Waals surface area contributed by atoms with Crippen molar-refractivity contribution in [3.8, 4) is 5.75 Å². The monoisotopic (exact) mass is 256 g/mol. The number of aromatic carboxylic acids is 1. The summed E-state index contributed by atoms with van der Waals surface area (Å²) in [7, 11) is 0. The fourth-order valence-corrected chi connectivity index (χ4v) is 1.85. The molecule has 0 aromatic heterocycles. The fraction of sp³-hybridized carbons (Fsp3) is 0.188. The molecule has 0 fully saturated rings. The molecule has 0 aliphatic carbocycles. The third kappa shape index (κ3) is 3.13. The number of hydrogen-bond acceptors (Lipinski definition) is 2. The van der Waals surface area contributed by atoms with Crippen LogP contribution in [-0.4, -0.2) is 11.1 Å². The minimum Gasteiger partial charge on any atom is -0.489 e. The first kappa shape index (κ1) is 13.1. The molecule has 1 N–H and O–H groups in total. The molecule has 2 aromatic carbocycles. The first-order chi connectivity index (χ1) is 9.08. The Morgan fingerprint density at radius 1 is 1.11 bits per heavy atom. The van der Waals surface area contributed by atoms with Crippen LogP contribution in [-0.2, 0) is 6.61 Å². The van der Waals surface area contributed by atoms with Crippen LogP contribution in [0.1, 0.15) is 27.0 Å². The van der Waals surface area contributed by atoms with E-state index in [9.17, 15) is 4.79 Å². The molecule has 98 valence electrons. The Bertz CT molecular complexity index is 603. The van der Waals surface area contributed by atoms with Crippen molar-refractivity contribution in [2.45, 2.75) is 20.5 Å². The fourth-order valence-electron chi connectivity index (χ4n) is 1.85. The van der Waals surface area contributed by atoms with Gasteiger partial charge in [-0.05, 0) is 42.7 Å². The Morgan fingerprint density at radius 2 is 1.84 bits per heavy atom. The number of benzene rings is 2. The van der Waals surface area contributed by atoms with Crippen molar-refractivity contribution in [2.75, 3.05) is 0 Å². The predicted molar refractivity (Wildman–Crippen MR) is 73.6 cm³/mol. The van der Waals surface area contributed by atoms with E-state index in [2.05, 4.69) is 0 Å². The van der Waals surface area contributed by atoms with E-state index in [-0.39, 0.29) is 5.56 Å². The van der Waals surface area contributed by atoms with Gasteiger partial charge in [-0.1, -0.05) is 30.3 Å². The summed E-state index contributed by atoms with van der Waals surface area (Å²) in [6.45, 7) is 4.24. The van der Waals surface area contributed by atoms with Crippen LogP contribution in [0.3, 0.4) is 0 Å². The Balaban J connectivity index is 2.14. The molecule has 0 aliphatic heterocycles. The van der Waals surface area contributed by atoms with Crippen LogP contribution in [0.4, 0.5) is 0 Å². The second-order valence-corrected chi connectivity index (χ2v) is 4.50. The van der Waals surface area contributed by atoms with E-state index in [1.54, 1.807) is 25.1 Å². The highest BCUT2D eigenvalue weighted by molar-refractivity contribution is 5.89. The zero-order chi connectivity index (χ0) is 13.8. The molecule has 0 spiro atoms. The predicted octanol–water partition coefficient (Wildman–Crippen LogP) is 3.58. The van der Waals surface area contributed by atoms with Crippen LogP contribution in [0.25, 0.3) is 0 Å². The van der Waals surface area contributed by atoms with Gasteiger partial charge in [0.15, 0.2) is 0 Å². The standard InChI is InChI=1S/C16H16O3/c1-11-5-3-4-6-13(11)10-19-14-8-7-12(2)15(9-14)16(17)18/h3-9H,10H2,1-2H3,(H,17,18). The van der Waals surface area contributed by atoms with Gasteiger partial charge >= 0.3 is 5.97 Å². The molecule has 0 atom stereocenters. The van der Waals surface area contributed by atoms with Crippen molar-refractivity contribution in [3.63, 3.8) is 0 Å². The molecular formula is C16H16O3. The van der Waals surface area contributed by atoms with Gasteiger partial charge in [-0.3, -0.25) is 0 Å². The van der Waals surface area contributed by atoms with E-state index < -0.39 is 5.97 Å². The van der Waals surface area contributed by atoms with Crippen LogP contribution < -0.4 is 4.74 Å². The number of carboxylic acid groups (broad SMARTS) is 1. The van der Waals surface area contributed by atoms with Gasteiger partial charge in [0, 0.05) is 0 Å². The highest BCUT2D eigenvalue weighted by atomic mass is 16.5. The quantitative estimate of drug-likeness (QED) is 0.909. The lowest BCUT2D eigenvalue weighted by Crippen LogP contribution is -2.02. The van der Waals surface area contributed by atoms with Gasteiger partial charge < -0.3 is 9.84 Å². The third-order valence-corrected chi connectivity index (χ3v) is 3.10. The van der Waals surface area contributed by atoms with Gasteiger partial charge in [-0.15, -0.1) is 0 Å². The molecule has 19 heavy (non-hydrogen) atoms. The zero-order valence-corrected chi connectivity index (χ0v) is 11.0. The second-order valence-electron chi connectivity index (χ2n) is 4.50. The number of hydrogen-bond donors (Lipinski definition) is 1. The van der Waals surface area contributed by atoms with Crippen LogP contribution >= 0.6 is 0 Å². The topological polar surface area (TPSA) is 46.5 Å². The summed E-state index contributed by atoms with van der Waals surface area (Å²) >= 11 is 0. The Labute approximate surface area is 112 Å². The minimum absolute atomic E-state index is 0.280. The van der Waals surface area contributed by atoms with Crippen molar-refractivity contribution in [1.82, 2.24) is 0 Å². The number of carbonyl (C=O) groups is 1. The highest BCUT2D eigenvalue weighted by Crippen LogP contribution is 2.19. The first-order valence-corrected chi connectivity index (χ1v) is 6.09. The number of rotatable bonds is 4. The second kappa shape index (κ2) is 5.57.